The molecule has 1 heterocycles. The van der Waals surface area contributed by atoms with Crippen molar-refractivity contribution in [1.82, 2.24) is 10.3 Å². The summed E-state index contributed by atoms with van der Waals surface area (Å²) in [4.78, 5) is 28.0. The van der Waals surface area contributed by atoms with Gasteiger partial charge in [0.25, 0.3) is 5.91 Å². The third-order valence-electron chi connectivity index (χ3n) is 4.71. The molecule has 5 nitrogen and oxygen atoms in total. The Morgan fingerprint density at radius 1 is 1.26 bits per heavy atom. The number of carbonyl (C=O) groups excluding carboxylic acids is 2. The van der Waals surface area contributed by atoms with E-state index in [0.29, 0.717) is 23.4 Å². The summed E-state index contributed by atoms with van der Waals surface area (Å²) in [6.07, 6.45) is 4.03. The lowest BCUT2D eigenvalue weighted by molar-refractivity contribution is -0.125. The number of amides is 2. The summed E-state index contributed by atoms with van der Waals surface area (Å²) < 4.78 is 0. The number of nitrogens with two attached hydrogens (primary N) is 1. The number of hydrogen-bond acceptors (Lipinski definition) is 2. The fourth-order valence-electron chi connectivity index (χ4n) is 3.46. The quantitative estimate of drug-likeness (QED) is 0.806. The van der Waals surface area contributed by atoms with Crippen LogP contribution in [0.4, 0.5) is 0 Å². The van der Waals surface area contributed by atoms with Gasteiger partial charge in [0.2, 0.25) is 5.91 Å². The topological polar surface area (TPSA) is 88.0 Å². The van der Waals surface area contributed by atoms with Gasteiger partial charge >= 0.3 is 0 Å². The zero-order valence-corrected chi connectivity index (χ0v) is 13.8. The van der Waals surface area contributed by atoms with E-state index < -0.39 is 11.4 Å². The first-order chi connectivity index (χ1) is 10.9. The van der Waals surface area contributed by atoms with Crippen molar-refractivity contribution in [2.75, 3.05) is 0 Å². The smallest absolute Gasteiger partial charge is 0.254 e. The zero-order chi connectivity index (χ0) is 16.6. The highest BCUT2D eigenvalue weighted by Gasteiger charge is 2.39. The van der Waals surface area contributed by atoms with E-state index in [4.69, 9.17) is 17.3 Å². The molecule has 1 aliphatic rings. The third-order valence-corrected chi connectivity index (χ3v) is 4.94. The second-order valence-electron chi connectivity index (χ2n) is 6.28. The van der Waals surface area contributed by atoms with Crippen molar-refractivity contribution in [1.29, 1.82) is 0 Å². The maximum absolute atomic E-state index is 12.8. The molecule has 0 saturated heterocycles. The van der Waals surface area contributed by atoms with Crippen molar-refractivity contribution in [3.05, 3.63) is 34.5 Å². The lowest BCUT2D eigenvalue weighted by Gasteiger charge is -2.35. The summed E-state index contributed by atoms with van der Waals surface area (Å²) in [6, 6.07) is 5.37. The normalized spacial score (nSPS) is 17.1. The maximum Gasteiger partial charge on any atom is 0.254 e. The molecule has 1 fully saturated rings. The molecule has 0 spiro atoms. The fraction of sp³-hybridized carbons (Fsp3) is 0.412. The molecule has 1 saturated carbocycles. The average Bonchev–Trinajstić information content (AvgIpc) is 2.83. The van der Waals surface area contributed by atoms with Gasteiger partial charge < -0.3 is 16.0 Å². The van der Waals surface area contributed by atoms with E-state index >= 15 is 0 Å². The second-order valence-corrected chi connectivity index (χ2v) is 6.71. The molecule has 0 bridgehead atoms. The molecule has 3 rings (SSSR count). The molecule has 1 aromatic carbocycles. The zero-order valence-electron chi connectivity index (χ0n) is 13.0. The number of halogens is 1. The minimum Gasteiger partial charge on any atom is -0.368 e. The number of benzene rings is 1. The number of aryl methyl sites for hydroxylation is 1. The molecule has 0 atom stereocenters. The van der Waals surface area contributed by atoms with Gasteiger partial charge in [-0.05, 0) is 38.0 Å². The molecular formula is C17H20ClN3O2. The predicted octanol–water partition coefficient (Wildman–Crippen LogP) is 3.05. The largest absolute Gasteiger partial charge is 0.368 e. The van der Waals surface area contributed by atoms with Crippen molar-refractivity contribution in [3.63, 3.8) is 0 Å². The van der Waals surface area contributed by atoms with Crippen LogP contribution in [0.5, 0.6) is 0 Å². The van der Waals surface area contributed by atoms with Crippen molar-refractivity contribution in [2.24, 2.45) is 5.73 Å². The summed E-state index contributed by atoms with van der Waals surface area (Å²) in [5.74, 6) is -0.738. The van der Waals surface area contributed by atoms with Crippen molar-refractivity contribution >= 4 is 34.3 Å². The molecule has 2 aromatic rings. The molecule has 1 aromatic heterocycles. The first kappa shape index (κ1) is 15.9. The summed E-state index contributed by atoms with van der Waals surface area (Å²) >= 11 is 6.05. The Bertz CT molecular complexity index is 775. The highest BCUT2D eigenvalue weighted by atomic mass is 35.5. The Morgan fingerprint density at radius 3 is 2.61 bits per heavy atom. The molecule has 1 aliphatic carbocycles. The van der Waals surface area contributed by atoms with Crippen LogP contribution in [0, 0.1) is 6.92 Å². The molecule has 122 valence electrons. The minimum atomic E-state index is -0.941. The summed E-state index contributed by atoms with van der Waals surface area (Å²) in [6.45, 7) is 1.83. The number of H-pyrrole nitrogens is 1. The van der Waals surface area contributed by atoms with Crippen LogP contribution in [0.15, 0.2) is 18.2 Å². The van der Waals surface area contributed by atoms with Gasteiger partial charge in [0.1, 0.15) is 5.54 Å². The molecule has 2 amide bonds. The Morgan fingerprint density at radius 2 is 1.96 bits per heavy atom. The Balaban J connectivity index is 1.98. The molecule has 6 heteroatoms. The van der Waals surface area contributed by atoms with Gasteiger partial charge in [0.15, 0.2) is 0 Å². The van der Waals surface area contributed by atoms with E-state index in [0.717, 1.165) is 35.9 Å². The van der Waals surface area contributed by atoms with Gasteiger partial charge in [-0.15, -0.1) is 0 Å². The number of rotatable bonds is 3. The van der Waals surface area contributed by atoms with E-state index in [1.54, 1.807) is 12.1 Å². The Hall–Kier alpha value is -2.01. The molecule has 4 N–H and O–H groups in total. The van der Waals surface area contributed by atoms with E-state index in [2.05, 4.69) is 10.3 Å². The van der Waals surface area contributed by atoms with Gasteiger partial charge in [-0.1, -0.05) is 30.9 Å². The van der Waals surface area contributed by atoms with E-state index in [9.17, 15) is 9.59 Å². The van der Waals surface area contributed by atoms with Crippen LogP contribution in [-0.2, 0) is 4.79 Å². The van der Waals surface area contributed by atoms with E-state index in [-0.39, 0.29) is 5.91 Å². The van der Waals surface area contributed by atoms with E-state index in [1.807, 2.05) is 13.0 Å². The first-order valence-corrected chi connectivity index (χ1v) is 8.21. The number of carbonyl (C=O) groups is 2. The summed E-state index contributed by atoms with van der Waals surface area (Å²) in [5.41, 5.74) is 6.76. The van der Waals surface area contributed by atoms with Crippen LogP contribution in [0.2, 0.25) is 5.02 Å². The molecule has 0 unspecified atom stereocenters. The standard InChI is InChI=1S/C17H20ClN3O2/c1-10-14(12-9-11(18)5-6-13(12)20-10)15(22)21-17(16(19)23)7-3-2-4-8-17/h5-6,9,20H,2-4,7-8H2,1H3,(H2,19,23)(H,21,22). The van der Waals surface area contributed by atoms with Crippen molar-refractivity contribution in [3.8, 4) is 0 Å². The van der Waals surface area contributed by atoms with Crippen molar-refractivity contribution < 1.29 is 9.59 Å². The SMILES string of the molecule is Cc1[nH]c2ccc(Cl)cc2c1C(=O)NC1(C(N)=O)CCCCC1. The van der Waals surface area contributed by atoms with Gasteiger partial charge in [-0.25, -0.2) is 0 Å². The molecule has 0 aliphatic heterocycles. The number of aromatic nitrogens is 1. The Kier molecular flexibility index (Phi) is 4.06. The lowest BCUT2D eigenvalue weighted by Crippen LogP contribution is -2.58. The number of aromatic amines is 1. The molecular weight excluding hydrogens is 314 g/mol. The maximum atomic E-state index is 12.8. The summed E-state index contributed by atoms with van der Waals surface area (Å²) in [5, 5.41) is 4.23. The highest BCUT2D eigenvalue weighted by molar-refractivity contribution is 6.31. The monoisotopic (exact) mass is 333 g/mol. The van der Waals surface area contributed by atoms with Crippen LogP contribution in [0.3, 0.4) is 0 Å². The van der Waals surface area contributed by atoms with Gasteiger partial charge in [-0.3, -0.25) is 9.59 Å². The van der Waals surface area contributed by atoms with Crippen molar-refractivity contribution in [2.45, 2.75) is 44.6 Å². The first-order valence-electron chi connectivity index (χ1n) is 7.83. The Labute approximate surface area is 139 Å². The van der Waals surface area contributed by atoms with Gasteiger partial charge in [0, 0.05) is 21.6 Å². The van der Waals surface area contributed by atoms with Crippen LogP contribution in [0.25, 0.3) is 10.9 Å². The van der Waals surface area contributed by atoms with Crippen LogP contribution >= 0.6 is 11.6 Å². The molecule has 23 heavy (non-hydrogen) atoms. The fourth-order valence-corrected chi connectivity index (χ4v) is 3.63. The third kappa shape index (κ3) is 2.81. The number of hydrogen-bond donors (Lipinski definition) is 3. The van der Waals surface area contributed by atoms with Crippen LogP contribution < -0.4 is 11.1 Å². The van der Waals surface area contributed by atoms with Gasteiger partial charge in [-0.2, -0.15) is 0 Å². The van der Waals surface area contributed by atoms with Gasteiger partial charge in [0.05, 0.1) is 5.56 Å². The molecule has 0 radical (unpaired) electrons. The number of nitrogens with one attached hydrogen (secondary N) is 2. The number of fused-ring (bicyclic) bond motifs is 1. The van der Waals surface area contributed by atoms with Crippen LogP contribution in [-0.4, -0.2) is 22.3 Å². The van der Waals surface area contributed by atoms with E-state index in [1.165, 1.54) is 0 Å². The average molecular weight is 334 g/mol. The lowest BCUT2D eigenvalue weighted by atomic mass is 9.81. The highest BCUT2D eigenvalue weighted by Crippen LogP contribution is 2.30. The van der Waals surface area contributed by atoms with Crippen LogP contribution in [0.1, 0.15) is 48.2 Å². The minimum absolute atomic E-state index is 0.281. The number of primary amides is 1. The second kappa shape index (κ2) is 5.89. The predicted molar refractivity (Wildman–Crippen MR) is 90.5 cm³/mol. The summed E-state index contributed by atoms with van der Waals surface area (Å²) in [7, 11) is 0.